The predicted molar refractivity (Wildman–Crippen MR) is 64.5 cm³/mol. The zero-order valence-corrected chi connectivity index (χ0v) is 10.2. The molecule has 1 aliphatic rings. The molecule has 0 aliphatic carbocycles. The van der Waals surface area contributed by atoms with Gasteiger partial charge in [0.05, 0.1) is 19.3 Å². The van der Waals surface area contributed by atoms with Gasteiger partial charge in [-0.05, 0) is 37.6 Å². The molecular weight excluding hydrogens is 220 g/mol. The van der Waals surface area contributed by atoms with Crippen LogP contribution in [-0.2, 0) is 0 Å². The molecule has 1 aromatic rings. The van der Waals surface area contributed by atoms with Gasteiger partial charge >= 0.3 is 0 Å². The van der Waals surface area contributed by atoms with Gasteiger partial charge in [0.25, 0.3) is 0 Å². The minimum atomic E-state index is -0.722. The SMILES string of the molecule is COc1c(O)cc(C)c2c1C=CC(C)(CO)O2. The van der Waals surface area contributed by atoms with Gasteiger partial charge in [0.15, 0.2) is 11.5 Å². The third-order valence-electron chi connectivity index (χ3n) is 2.89. The van der Waals surface area contributed by atoms with Crippen LogP contribution in [0.5, 0.6) is 17.2 Å². The summed E-state index contributed by atoms with van der Waals surface area (Å²) in [4.78, 5) is 0. The number of hydrogen-bond donors (Lipinski definition) is 2. The summed E-state index contributed by atoms with van der Waals surface area (Å²) >= 11 is 0. The molecule has 0 fully saturated rings. The third kappa shape index (κ3) is 1.85. The van der Waals surface area contributed by atoms with Crippen molar-refractivity contribution in [1.82, 2.24) is 0 Å². The molecule has 2 rings (SSSR count). The Morgan fingerprint density at radius 3 is 2.76 bits per heavy atom. The molecule has 92 valence electrons. The Bertz CT molecular complexity index is 479. The molecule has 1 aromatic carbocycles. The van der Waals surface area contributed by atoms with Crippen LogP contribution < -0.4 is 9.47 Å². The minimum Gasteiger partial charge on any atom is -0.504 e. The lowest BCUT2D eigenvalue weighted by molar-refractivity contribution is 0.0630. The maximum absolute atomic E-state index is 9.77. The fourth-order valence-electron chi connectivity index (χ4n) is 1.90. The maximum atomic E-state index is 9.77. The van der Waals surface area contributed by atoms with Crippen LogP contribution in [0.15, 0.2) is 12.1 Å². The van der Waals surface area contributed by atoms with Gasteiger partial charge in [-0.2, -0.15) is 0 Å². The lowest BCUT2D eigenvalue weighted by Crippen LogP contribution is -2.36. The van der Waals surface area contributed by atoms with Crippen LogP contribution in [0.3, 0.4) is 0 Å². The molecule has 0 saturated carbocycles. The van der Waals surface area contributed by atoms with E-state index >= 15 is 0 Å². The Balaban J connectivity index is 2.60. The molecule has 1 atom stereocenters. The van der Waals surface area contributed by atoms with Gasteiger partial charge in [-0.1, -0.05) is 0 Å². The molecule has 0 radical (unpaired) electrons. The normalized spacial score (nSPS) is 21.9. The Kier molecular flexibility index (Phi) is 2.75. The number of fused-ring (bicyclic) bond motifs is 1. The Hall–Kier alpha value is -1.68. The second-order valence-corrected chi connectivity index (χ2v) is 4.39. The van der Waals surface area contributed by atoms with Crippen LogP contribution in [0.2, 0.25) is 0 Å². The predicted octanol–water partition coefficient (Wildman–Crippen LogP) is 1.87. The average Bonchev–Trinajstić information content (AvgIpc) is 2.31. The molecule has 4 nitrogen and oxygen atoms in total. The third-order valence-corrected chi connectivity index (χ3v) is 2.89. The van der Waals surface area contributed by atoms with Gasteiger partial charge in [0.1, 0.15) is 11.4 Å². The molecule has 1 unspecified atom stereocenters. The fourth-order valence-corrected chi connectivity index (χ4v) is 1.90. The number of aryl methyl sites for hydroxylation is 1. The van der Waals surface area contributed by atoms with Gasteiger partial charge in [0, 0.05) is 0 Å². The first-order valence-corrected chi connectivity index (χ1v) is 5.40. The number of ether oxygens (including phenoxy) is 2. The van der Waals surface area contributed by atoms with Crippen molar-refractivity contribution in [2.45, 2.75) is 19.4 Å². The average molecular weight is 236 g/mol. The first-order valence-electron chi connectivity index (χ1n) is 5.40. The standard InChI is InChI=1S/C13H16O4/c1-8-6-10(15)12(16-3)9-4-5-13(2,7-14)17-11(8)9/h4-6,14-15H,7H2,1-3H3. The molecule has 1 aliphatic heterocycles. The second kappa shape index (κ2) is 3.96. The van der Waals surface area contributed by atoms with E-state index in [1.165, 1.54) is 7.11 Å². The van der Waals surface area contributed by atoms with Crippen molar-refractivity contribution in [3.8, 4) is 17.2 Å². The van der Waals surface area contributed by atoms with E-state index in [9.17, 15) is 10.2 Å². The molecule has 4 heteroatoms. The zero-order valence-electron chi connectivity index (χ0n) is 10.2. The van der Waals surface area contributed by atoms with Crippen molar-refractivity contribution in [2.24, 2.45) is 0 Å². The van der Waals surface area contributed by atoms with Crippen molar-refractivity contribution in [2.75, 3.05) is 13.7 Å². The fraction of sp³-hybridized carbons (Fsp3) is 0.385. The lowest BCUT2D eigenvalue weighted by Gasteiger charge is -2.31. The highest BCUT2D eigenvalue weighted by Crippen LogP contribution is 2.44. The smallest absolute Gasteiger partial charge is 0.171 e. The first kappa shape index (κ1) is 11.8. The summed E-state index contributed by atoms with van der Waals surface area (Å²) in [5, 5.41) is 19.1. The van der Waals surface area contributed by atoms with Crippen LogP contribution in [0.25, 0.3) is 6.08 Å². The topological polar surface area (TPSA) is 58.9 Å². The van der Waals surface area contributed by atoms with Gasteiger partial charge in [-0.3, -0.25) is 0 Å². The van der Waals surface area contributed by atoms with Crippen LogP contribution in [-0.4, -0.2) is 29.5 Å². The molecule has 0 saturated heterocycles. The van der Waals surface area contributed by atoms with E-state index in [0.717, 1.165) is 5.56 Å². The lowest BCUT2D eigenvalue weighted by atomic mass is 9.98. The zero-order chi connectivity index (χ0) is 12.6. The summed E-state index contributed by atoms with van der Waals surface area (Å²) in [5.74, 6) is 1.12. The molecule has 2 N–H and O–H groups in total. The largest absolute Gasteiger partial charge is 0.504 e. The molecular formula is C13H16O4. The number of benzene rings is 1. The van der Waals surface area contributed by atoms with Crippen LogP contribution >= 0.6 is 0 Å². The number of phenolic OH excluding ortho intramolecular Hbond substituents is 1. The Labute approximate surface area is 100 Å². The van der Waals surface area contributed by atoms with Crippen LogP contribution in [0.1, 0.15) is 18.1 Å². The Morgan fingerprint density at radius 2 is 2.18 bits per heavy atom. The van der Waals surface area contributed by atoms with Gasteiger partial charge in [-0.15, -0.1) is 0 Å². The summed E-state index contributed by atoms with van der Waals surface area (Å²) in [6.45, 7) is 3.53. The van der Waals surface area contributed by atoms with E-state index in [1.54, 1.807) is 25.1 Å². The first-order chi connectivity index (χ1) is 8.00. The molecule has 0 aromatic heterocycles. The molecule has 0 spiro atoms. The highest BCUT2D eigenvalue weighted by Gasteiger charge is 2.30. The number of aliphatic hydroxyl groups is 1. The van der Waals surface area contributed by atoms with E-state index in [1.807, 2.05) is 6.92 Å². The van der Waals surface area contributed by atoms with E-state index < -0.39 is 5.60 Å². The van der Waals surface area contributed by atoms with Crippen molar-refractivity contribution in [3.05, 3.63) is 23.3 Å². The summed E-state index contributed by atoms with van der Waals surface area (Å²) < 4.78 is 10.9. The molecule has 17 heavy (non-hydrogen) atoms. The quantitative estimate of drug-likeness (QED) is 0.823. The minimum absolute atomic E-state index is 0.0876. The monoisotopic (exact) mass is 236 g/mol. The highest BCUT2D eigenvalue weighted by atomic mass is 16.5. The van der Waals surface area contributed by atoms with Crippen molar-refractivity contribution in [3.63, 3.8) is 0 Å². The number of rotatable bonds is 2. The van der Waals surface area contributed by atoms with E-state index in [0.29, 0.717) is 17.1 Å². The van der Waals surface area contributed by atoms with E-state index in [2.05, 4.69) is 0 Å². The number of methoxy groups -OCH3 is 1. The molecule has 0 bridgehead atoms. The number of hydrogen-bond acceptors (Lipinski definition) is 4. The van der Waals surface area contributed by atoms with E-state index in [4.69, 9.17) is 9.47 Å². The summed E-state index contributed by atoms with van der Waals surface area (Å²) in [6, 6.07) is 1.59. The number of aliphatic hydroxyl groups excluding tert-OH is 1. The molecule has 1 heterocycles. The van der Waals surface area contributed by atoms with Crippen molar-refractivity contribution < 1.29 is 19.7 Å². The van der Waals surface area contributed by atoms with Gasteiger partial charge < -0.3 is 19.7 Å². The van der Waals surface area contributed by atoms with Crippen LogP contribution in [0.4, 0.5) is 0 Å². The summed E-state index contributed by atoms with van der Waals surface area (Å²) in [6.07, 6.45) is 3.57. The summed E-state index contributed by atoms with van der Waals surface area (Å²) in [7, 11) is 1.50. The van der Waals surface area contributed by atoms with E-state index in [-0.39, 0.29) is 12.4 Å². The second-order valence-electron chi connectivity index (χ2n) is 4.39. The Morgan fingerprint density at radius 1 is 1.47 bits per heavy atom. The molecule has 0 amide bonds. The number of aromatic hydroxyl groups is 1. The van der Waals surface area contributed by atoms with Crippen molar-refractivity contribution >= 4 is 6.08 Å². The van der Waals surface area contributed by atoms with Gasteiger partial charge in [-0.25, -0.2) is 0 Å². The van der Waals surface area contributed by atoms with Crippen molar-refractivity contribution in [1.29, 1.82) is 0 Å². The number of phenols is 1. The maximum Gasteiger partial charge on any atom is 0.171 e. The van der Waals surface area contributed by atoms with Gasteiger partial charge in [0.2, 0.25) is 0 Å². The summed E-state index contributed by atoms with van der Waals surface area (Å²) in [5.41, 5.74) is 0.790. The van der Waals surface area contributed by atoms with Crippen LogP contribution in [0, 0.1) is 6.92 Å². The highest BCUT2D eigenvalue weighted by molar-refractivity contribution is 5.72.